The first-order valence-electron chi connectivity index (χ1n) is 5.04. The van der Waals surface area contributed by atoms with Crippen molar-refractivity contribution in [2.45, 2.75) is 39.0 Å². The molecule has 0 aliphatic carbocycles. The van der Waals surface area contributed by atoms with E-state index in [0.717, 1.165) is 6.42 Å². The molecule has 0 aliphatic heterocycles. The van der Waals surface area contributed by atoms with Gasteiger partial charge in [0, 0.05) is 0 Å². The Kier molecular flexibility index (Phi) is 5.89. The number of carboxylic acid groups (broad SMARTS) is 2. The maximum absolute atomic E-state index is 12.0. The van der Waals surface area contributed by atoms with Gasteiger partial charge < -0.3 is 10.2 Å². The molecule has 0 spiro atoms. The van der Waals surface area contributed by atoms with Gasteiger partial charge in [0.15, 0.2) is 5.41 Å². The smallest absolute Gasteiger partial charge is 0.321 e. The molecule has 2 N–H and O–H groups in total. The van der Waals surface area contributed by atoms with E-state index >= 15 is 0 Å². The van der Waals surface area contributed by atoms with Crippen LogP contribution < -0.4 is 0 Å². The van der Waals surface area contributed by atoms with E-state index in [1.54, 1.807) is 0 Å². The van der Waals surface area contributed by atoms with Crippen molar-refractivity contribution < 1.29 is 24.2 Å². The maximum Gasteiger partial charge on any atom is 0.321 e. The molecule has 0 rings (SSSR count). The Morgan fingerprint density at radius 1 is 1.13 bits per heavy atom. The van der Waals surface area contributed by atoms with E-state index in [1.807, 2.05) is 6.92 Å². The fourth-order valence-corrected chi connectivity index (χ4v) is 1.49. The molecule has 0 aromatic heterocycles. The number of carbonyl (C=O) groups is 2. The molecule has 0 amide bonds. The zero-order valence-electron chi connectivity index (χ0n) is 8.83. The predicted octanol–water partition coefficient (Wildman–Crippen LogP) is 2.08. The van der Waals surface area contributed by atoms with E-state index in [9.17, 15) is 14.0 Å². The number of hydrogen-bond donors (Lipinski definition) is 2. The minimum absolute atomic E-state index is 0.0255. The number of unbranched alkanes of at least 4 members (excludes halogenated alkanes) is 1. The third kappa shape index (κ3) is 3.49. The molecule has 0 aromatic carbocycles. The standard InChI is InChI=1S/C10H17FO4/c1-2-3-5-10(8(12)13,9(14)15)6-4-7-11/h2-7H2,1H3,(H,12,13)(H,14,15). The summed E-state index contributed by atoms with van der Waals surface area (Å²) in [5.74, 6) is -2.73. The first-order chi connectivity index (χ1) is 7.01. The van der Waals surface area contributed by atoms with Gasteiger partial charge in [0.1, 0.15) is 0 Å². The maximum atomic E-state index is 12.0. The van der Waals surface area contributed by atoms with E-state index in [1.165, 1.54) is 0 Å². The molecule has 0 atom stereocenters. The molecule has 0 saturated heterocycles. The molecule has 0 bridgehead atoms. The Morgan fingerprint density at radius 3 is 1.93 bits per heavy atom. The number of aliphatic carboxylic acids is 2. The van der Waals surface area contributed by atoms with Gasteiger partial charge in [-0.1, -0.05) is 19.8 Å². The highest BCUT2D eigenvalue weighted by Crippen LogP contribution is 2.31. The number of alkyl halides is 1. The predicted molar refractivity (Wildman–Crippen MR) is 52.4 cm³/mol. The summed E-state index contributed by atoms with van der Waals surface area (Å²) in [7, 11) is 0. The van der Waals surface area contributed by atoms with Crippen molar-refractivity contribution >= 4 is 11.9 Å². The minimum Gasteiger partial charge on any atom is -0.480 e. The molecule has 0 heterocycles. The molecule has 0 aliphatic rings. The van der Waals surface area contributed by atoms with Crippen LogP contribution in [0.2, 0.25) is 0 Å². The lowest BCUT2D eigenvalue weighted by atomic mass is 9.79. The van der Waals surface area contributed by atoms with E-state index < -0.39 is 24.0 Å². The van der Waals surface area contributed by atoms with Gasteiger partial charge in [-0.3, -0.25) is 14.0 Å². The largest absolute Gasteiger partial charge is 0.480 e. The Hall–Kier alpha value is -1.13. The molecule has 4 nitrogen and oxygen atoms in total. The number of rotatable bonds is 8. The topological polar surface area (TPSA) is 74.6 Å². The molecule has 0 fully saturated rings. The monoisotopic (exact) mass is 220 g/mol. The van der Waals surface area contributed by atoms with E-state index in [-0.39, 0.29) is 19.3 Å². The van der Waals surface area contributed by atoms with Crippen LogP contribution in [0.1, 0.15) is 39.0 Å². The van der Waals surface area contributed by atoms with Gasteiger partial charge in [-0.05, 0) is 19.3 Å². The molecule has 0 unspecified atom stereocenters. The van der Waals surface area contributed by atoms with Gasteiger partial charge in [-0.15, -0.1) is 0 Å². The van der Waals surface area contributed by atoms with Crippen LogP contribution in [0.5, 0.6) is 0 Å². The number of hydrogen-bond acceptors (Lipinski definition) is 2. The highest BCUT2D eigenvalue weighted by molar-refractivity contribution is 5.98. The summed E-state index contributed by atoms with van der Waals surface area (Å²) in [5, 5.41) is 17.9. The van der Waals surface area contributed by atoms with Crippen LogP contribution in [0.3, 0.4) is 0 Å². The van der Waals surface area contributed by atoms with Crippen molar-refractivity contribution in [1.29, 1.82) is 0 Å². The summed E-state index contributed by atoms with van der Waals surface area (Å²) >= 11 is 0. The highest BCUT2D eigenvalue weighted by Gasteiger charge is 2.45. The minimum atomic E-state index is -1.80. The van der Waals surface area contributed by atoms with Crippen LogP contribution in [0.25, 0.3) is 0 Å². The van der Waals surface area contributed by atoms with Crippen molar-refractivity contribution in [2.24, 2.45) is 5.41 Å². The van der Waals surface area contributed by atoms with E-state index in [0.29, 0.717) is 6.42 Å². The quantitative estimate of drug-likeness (QED) is 0.614. The van der Waals surface area contributed by atoms with Gasteiger partial charge in [-0.2, -0.15) is 0 Å². The molecule has 15 heavy (non-hydrogen) atoms. The molecule has 0 radical (unpaired) electrons. The number of halogens is 1. The fraction of sp³-hybridized carbons (Fsp3) is 0.800. The Balaban J connectivity index is 4.73. The zero-order valence-corrected chi connectivity index (χ0v) is 8.83. The summed E-state index contributed by atoms with van der Waals surface area (Å²) < 4.78 is 12.0. The summed E-state index contributed by atoms with van der Waals surface area (Å²) in [6.45, 7) is 1.16. The second-order valence-electron chi connectivity index (χ2n) is 3.59. The van der Waals surface area contributed by atoms with Gasteiger partial charge >= 0.3 is 11.9 Å². The van der Waals surface area contributed by atoms with Crippen molar-refractivity contribution in [3.05, 3.63) is 0 Å². The SMILES string of the molecule is CCCCC(CCCF)(C(=O)O)C(=O)O. The van der Waals surface area contributed by atoms with Crippen LogP contribution in [0.15, 0.2) is 0 Å². The van der Waals surface area contributed by atoms with Gasteiger partial charge in [0.2, 0.25) is 0 Å². The molecular weight excluding hydrogens is 203 g/mol. The fourth-order valence-electron chi connectivity index (χ4n) is 1.49. The van der Waals surface area contributed by atoms with Crippen molar-refractivity contribution in [2.75, 3.05) is 6.67 Å². The highest BCUT2D eigenvalue weighted by atomic mass is 19.1. The van der Waals surface area contributed by atoms with Crippen LogP contribution in [-0.2, 0) is 9.59 Å². The Labute approximate surface area is 88.1 Å². The van der Waals surface area contributed by atoms with E-state index in [2.05, 4.69) is 0 Å². The lowest BCUT2D eigenvalue weighted by molar-refractivity contribution is -0.166. The van der Waals surface area contributed by atoms with Crippen molar-refractivity contribution in [3.63, 3.8) is 0 Å². The molecule has 0 aromatic rings. The second kappa shape index (κ2) is 6.37. The van der Waals surface area contributed by atoms with Crippen molar-refractivity contribution in [1.82, 2.24) is 0 Å². The number of carboxylic acids is 2. The third-order valence-corrected chi connectivity index (χ3v) is 2.51. The van der Waals surface area contributed by atoms with Gasteiger partial charge in [0.05, 0.1) is 6.67 Å². The van der Waals surface area contributed by atoms with Crippen molar-refractivity contribution in [3.8, 4) is 0 Å². The average Bonchev–Trinajstić information content (AvgIpc) is 2.17. The third-order valence-electron chi connectivity index (χ3n) is 2.51. The van der Waals surface area contributed by atoms with Crippen LogP contribution in [0, 0.1) is 5.41 Å². The normalized spacial score (nSPS) is 11.3. The van der Waals surface area contributed by atoms with Gasteiger partial charge in [-0.25, -0.2) is 0 Å². The molecule has 88 valence electrons. The first kappa shape index (κ1) is 13.9. The Bertz CT molecular complexity index is 203. The lowest BCUT2D eigenvalue weighted by Gasteiger charge is -2.24. The van der Waals surface area contributed by atoms with E-state index in [4.69, 9.17) is 10.2 Å². The zero-order chi connectivity index (χ0) is 11.9. The molecular formula is C10H17FO4. The molecule has 0 saturated carbocycles. The Morgan fingerprint density at radius 2 is 1.60 bits per heavy atom. The van der Waals surface area contributed by atoms with Crippen LogP contribution in [-0.4, -0.2) is 28.8 Å². The first-order valence-corrected chi connectivity index (χ1v) is 5.04. The second-order valence-corrected chi connectivity index (χ2v) is 3.59. The average molecular weight is 220 g/mol. The van der Waals surface area contributed by atoms with Gasteiger partial charge in [0.25, 0.3) is 0 Å². The lowest BCUT2D eigenvalue weighted by Crippen LogP contribution is -2.39. The summed E-state index contributed by atoms with van der Waals surface area (Å²) in [4.78, 5) is 21.9. The summed E-state index contributed by atoms with van der Waals surface area (Å²) in [6, 6.07) is 0. The summed E-state index contributed by atoms with van der Waals surface area (Å²) in [6.07, 6.45) is 1.13. The van der Waals surface area contributed by atoms with Crippen LogP contribution >= 0.6 is 0 Å². The summed E-state index contributed by atoms with van der Waals surface area (Å²) in [5.41, 5.74) is -1.80. The molecule has 5 heteroatoms. The van der Waals surface area contributed by atoms with Crippen LogP contribution in [0.4, 0.5) is 4.39 Å².